The summed E-state index contributed by atoms with van der Waals surface area (Å²) in [6, 6.07) is 2.54. The predicted octanol–water partition coefficient (Wildman–Crippen LogP) is 3.54. The Bertz CT molecular complexity index is 1460. The SMILES string of the molecule is C=CC(=O)C[C@H]1COC[C@H]1Nc1ncc2cc(-c3c(F)c(OC)cc(OC)c3F)nc(N3CC4(CCO4)C3)c2n1. The average molecular weight is 554 g/mol. The van der Waals surface area contributed by atoms with E-state index in [0.29, 0.717) is 62.0 Å². The van der Waals surface area contributed by atoms with Crippen LogP contribution in [0.15, 0.2) is 31.0 Å². The number of pyridine rings is 1. The summed E-state index contributed by atoms with van der Waals surface area (Å²) in [5.74, 6) is -1.42. The third-order valence-electron chi connectivity index (χ3n) is 7.80. The summed E-state index contributed by atoms with van der Waals surface area (Å²) in [7, 11) is 2.60. The molecule has 3 aromatic rings. The molecule has 3 fully saturated rings. The van der Waals surface area contributed by atoms with Crippen LogP contribution >= 0.6 is 0 Å². The molecule has 3 saturated heterocycles. The second-order valence-corrected chi connectivity index (χ2v) is 10.3. The maximum Gasteiger partial charge on any atom is 0.223 e. The van der Waals surface area contributed by atoms with Gasteiger partial charge in [-0.05, 0) is 12.1 Å². The molecule has 0 saturated carbocycles. The first-order valence-corrected chi connectivity index (χ1v) is 13.0. The smallest absolute Gasteiger partial charge is 0.223 e. The Morgan fingerprint density at radius 2 is 1.93 bits per heavy atom. The van der Waals surface area contributed by atoms with E-state index < -0.39 is 11.6 Å². The van der Waals surface area contributed by atoms with Crippen molar-refractivity contribution in [2.75, 3.05) is 57.3 Å². The molecule has 5 heterocycles. The number of hydrogen-bond donors (Lipinski definition) is 1. The first kappa shape index (κ1) is 26.3. The van der Waals surface area contributed by atoms with E-state index in [0.717, 1.165) is 12.5 Å². The third kappa shape index (κ3) is 4.50. The number of ketones is 1. The fourth-order valence-electron chi connectivity index (χ4n) is 5.46. The van der Waals surface area contributed by atoms with E-state index in [4.69, 9.17) is 28.9 Å². The van der Waals surface area contributed by atoms with Crippen LogP contribution in [0.5, 0.6) is 11.5 Å². The van der Waals surface area contributed by atoms with Gasteiger partial charge in [-0.1, -0.05) is 6.58 Å². The minimum Gasteiger partial charge on any atom is -0.494 e. The van der Waals surface area contributed by atoms with Gasteiger partial charge in [0.15, 0.2) is 34.7 Å². The number of benzene rings is 1. The number of hydrogen-bond acceptors (Lipinski definition) is 10. The van der Waals surface area contributed by atoms with Gasteiger partial charge >= 0.3 is 0 Å². The molecular formula is C28H29F2N5O5. The van der Waals surface area contributed by atoms with E-state index >= 15 is 8.78 Å². The number of rotatable bonds is 9. The Balaban J connectivity index is 1.41. The second-order valence-electron chi connectivity index (χ2n) is 10.3. The van der Waals surface area contributed by atoms with Gasteiger partial charge in [-0.2, -0.15) is 0 Å². The summed E-state index contributed by atoms with van der Waals surface area (Å²) >= 11 is 0. The van der Waals surface area contributed by atoms with Crippen molar-refractivity contribution < 1.29 is 32.5 Å². The number of ether oxygens (including phenoxy) is 4. The summed E-state index contributed by atoms with van der Waals surface area (Å²) in [6.45, 7) is 6.27. The van der Waals surface area contributed by atoms with Crippen LogP contribution in [0.1, 0.15) is 12.8 Å². The molecule has 12 heteroatoms. The normalized spacial score (nSPS) is 21.1. The molecule has 3 aliphatic heterocycles. The molecule has 1 N–H and O–H groups in total. The number of methoxy groups -OCH3 is 2. The Labute approximate surface area is 229 Å². The highest BCUT2D eigenvalue weighted by molar-refractivity contribution is 5.93. The molecule has 0 radical (unpaired) electrons. The van der Waals surface area contributed by atoms with Gasteiger partial charge in [0.1, 0.15) is 11.1 Å². The summed E-state index contributed by atoms with van der Waals surface area (Å²) in [6.07, 6.45) is 4.14. The topological polar surface area (TPSA) is 108 Å². The van der Waals surface area contributed by atoms with Crippen molar-refractivity contribution in [1.82, 2.24) is 15.0 Å². The summed E-state index contributed by atoms with van der Waals surface area (Å²) in [5, 5.41) is 3.83. The quantitative estimate of drug-likeness (QED) is 0.396. The zero-order chi connectivity index (χ0) is 28.0. The molecule has 10 nitrogen and oxygen atoms in total. The van der Waals surface area contributed by atoms with Crippen molar-refractivity contribution in [3.05, 3.63) is 42.6 Å². The largest absolute Gasteiger partial charge is 0.494 e. The Hall–Kier alpha value is -3.90. The van der Waals surface area contributed by atoms with Gasteiger partial charge in [0.2, 0.25) is 5.95 Å². The van der Waals surface area contributed by atoms with Crippen LogP contribution in [0, 0.1) is 17.6 Å². The average Bonchev–Trinajstić information content (AvgIpc) is 3.33. The van der Waals surface area contributed by atoms with E-state index in [-0.39, 0.29) is 46.1 Å². The number of aromatic nitrogens is 3. The van der Waals surface area contributed by atoms with Crippen molar-refractivity contribution in [2.24, 2.45) is 5.92 Å². The van der Waals surface area contributed by atoms with Gasteiger partial charge < -0.3 is 29.2 Å². The number of carbonyl (C=O) groups excluding carboxylic acids is 1. The van der Waals surface area contributed by atoms with Gasteiger partial charge in [0, 0.05) is 36.4 Å². The van der Waals surface area contributed by atoms with Crippen molar-refractivity contribution >= 4 is 28.5 Å². The summed E-state index contributed by atoms with van der Waals surface area (Å²) in [5.41, 5.74) is -0.0140. The third-order valence-corrected chi connectivity index (χ3v) is 7.80. The lowest BCUT2D eigenvalue weighted by Crippen LogP contribution is -2.68. The highest BCUT2D eigenvalue weighted by Gasteiger charge is 2.50. The van der Waals surface area contributed by atoms with Gasteiger partial charge in [0.25, 0.3) is 0 Å². The number of fused-ring (bicyclic) bond motifs is 1. The van der Waals surface area contributed by atoms with Crippen LogP contribution in [0.2, 0.25) is 0 Å². The minimum absolute atomic E-state index is 0.0511. The van der Waals surface area contributed by atoms with E-state index in [1.807, 2.05) is 4.90 Å². The molecular weight excluding hydrogens is 524 g/mol. The molecule has 1 spiro atoms. The molecule has 210 valence electrons. The Kier molecular flexibility index (Phi) is 6.75. The van der Waals surface area contributed by atoms with E-state index in [1.165, 1.54) is 20.3 Å². The van der Waals surface area contributed by atoms with Crippen molar-refractivity contribution in [3.8, 4) is 22.8 Å². The standard InChI is InChI=1S/C28H29F2N5O5/c1-4-17(36)7-16-11-39-12-19(16)33-27-31-10-15-8-18(22-23(29)20(37-2)9-21(38-3)24(22)30)32-26(25(15)34-27)35-13-28(14-35)5-6-40-28/h4,8-10,16,19H,1,5-7,11-14H2,2-3H3,(H,31,33,34)/t16-,19+/m0/s1. The number of allylic oxidation sites excluding steroid dienone is 1. The van der Waals surface area contributed by atoms with Crippen molar-refractivity contribution in [3.63, 3.8) is 0 Å². The van der Waals surface area contributed by atoms with Crippen LogP contribution in [-0.4, -0.2) is 79.5 Å². The molecule has 3 aliphatic rings. The maximum absolute atomic E-state index is 15.4. The van der Waals surface area contributed by atoms with E-state index in [1.54, 1.807) is 12.3 Å². The lowest BCUT2D eigenvalue weighted by molar-refractivity contribution is -0.161. The lowest BCUT2D eigenvalue weighted by atomic mass is 9.86. The number of anilines is 2. The predicted molar refractivity (Wildman–Crippen MR) is 143 cm³/mol. The van der Waals surface area contributed by atoms with Crippen LogP contribution in [-0.2, 0) is 14.3 Å². The number of halogens is 2. The second kappa shape index (κ2) is 10.3. The van der Waals surface area contributed by atoms with Gasteiger partial charge in [0.05, 0.1) is 64.4 Å². The zero-order valence-electron chi connectivity index (χ0n) is 22.2. The fourth-order valence-corrected chi connectivity index (χ4v) is 5.46. The lowest BCUT2D eigenvalue weighted by Gasteiger charge is -2.55. The van der Waals surface area contributed by atoms with Gasteiger partial charge in [-0.15, -0.1) is 0 Å². The fraction of sp³-hybridized carbons (Fsp3) is 0.429. The molecule has 6 rings (SSSR count). The molecule has 2 aromatic heterocycles. The summed E-state index contributed by atoms with van der Waals surface area (Å²) in [4.78, 5) is 27.8. The van der Waals surface area contributed by atoms with Crippen LogP contribution < -0.4 is 19.7 Å². The molecule has 2 atom stereocenters. The Morgan fingerprint density at radius 3 is 2.55 bits per heavy atom. The van der Waals surface area contributed by atoms with Gasteiger partial charge in [-0.25, -0.2) is 23.7 Å². The number of carbonyl (C=O) groups is 1. The van der Waals surface area contributed by atoms with E-state index in [2.05, 4.69) is 16.9 Å². The highest BCUT2D eigenvalue weighted by Crippen LogP contribution is 2.43. The summed E-state index contributed by atoms with van der Waals surface area (Å²) < 4.78 is 52.5. The monoisotopic (exact) mass is 553 g/mol. The number of nitrogens with zero attached hydrogens (tertiary/aromatic N) is 4. The van der Waals surface area contributed by atoms with Crippen LogP contribution in [0.4, 0.5) is 20.5 Å². The van der Waals surface area contributed by atoms with Crippen molar-refractivity contribution in [2.45, 2.75) is 24.5 Å². The minimum atomic E-state index is -0.887. The molecule has 40 heavy (non-hydrogen) atoms. The molecule has 0 aliphatic carbocycles. The first-order chi connectivity index (χ1) is 19.3. The molecule has 0 amide bonds. The molecule has 0 bridgehead atoms. The zero-order valence-corrected chi connectivity index (χ0v) is 22.2. The molecule has 0 unspecified atom stereocenters. The highest BCUT2D eigenvalue weighted by atomic mass is 19.1. The van der Waals surface area contributed by atoms with Crippen LogP contribution in [0.25, 0.3) is 22.2 Å². The van der Waals surface area contributed by atoms with E-state index in [9.17, 15) is 4.79 Å². The van der Waals surface area contributed by atoms with Gasteiger partial charge in [-0.3, -0.25) is 4.79 Å². The maximum atomic E-state index is 15.4. The number of nitrogens with one attached hydrogen (secondary N) is 1. The van der Waals surface area contributed by atoms with Crippen LogP contribution in [0.3, 0.4) is 0 Å². The first-order valence-electron chi connectivity index (χ1n) is 13.0. The molecule has 1 aromatic carbocycles. The Morgan fingerprint density at radius 1 is 1.20 bits per heavy atom. The van der Waals surface area contributed by atoms with Crippen molar-refractivity contribution in [1.29, 1.82) is 0 Å².